The fraction of sp³-hybridized carbons (Fsp3) is 0.400. The number of nitrogens with zero attached hydrogens (tertiary/aromatic N) is 1. The molecule has 1 saturated carbocycles. The normalized spacial score (nSPS) is 33.2. The predicted octanol–water partition coefficient (Wildman–Crippen LogP) is 3.89. The van der Waals surface area contributed by atoms with Crippen LogP contribution in [0.4, 0.5) is 0 Å². The molecule has 4 rings (SSSR count). The van der Waals surface area contributed by atoms with E-state index in [1.165, 1.54) is 28.7 Å². The zero-order chi connectivity index (χ0) is 14.4. The molecule has 1 aliphatic carbocycles. The van der Waals surface area contributed by atoms with Crippen LogP contribution in [0.2, 0.25) is 0 Å². The van der Waals surface area contributed by atoms with Crippen molar-refractivity contribution in [3.8, 4) is 0 Å². The molecule has 2 fully saturated rings. The topological polar surface area (TPSA) is 0 Å². The Bertz CT molecular complexity index is 561. The molecule has 21 heavy (non-hydrogen) atoms. The van der Waals surface area contributed by atoms with Crippen LogP contribution in [0.3, 0.4) is 0 Å². The van der Waals surface area contributed by atoms with Gasteiger partial charge in [0.25, 0.3) is 0 Å². The zero-order valence-corrected chi connectivity index (χ0v) is 12.9. The lowest BCUT2D eigenvalue weighted by Crippen LogP contribution is -2.42. The van der Waals surface area contributed by atoms with E-state index in [0.717, 1.165) is 11.8 Å². The van der Waals surface area contributed by atoms with Crippen LogP contribution in [0.1, 0.15) is 23.0 Å². The van der Waals surface area contributed by atoms with E-state index in [1.54, 1.807) is 0 Å². The second kappa shape index (κ2) is 4.71. The van der Waals surface area contributed by atoms with Crippen molar-refractivity contribution in [2.75, 3.05) is 27.2 Å². The number of fused-ring (bicyclic) bond motifs is 1. The molecule has 1 aliphatic heterocycles. The van der Waals surface area contributed by atoms with Gasteiger partial charge < -0.3 is 4.48 Å². The Morgan fingerprint density at radius 3 is 1.43 bits per heavy atom. The average molecular weight is 278 g/mol. The maximum absolute atomic E-state index is 2.39. The second-order valence-electron chi connectivity index (χ2n) is 7.50. The van der Waals surface area contributed by atoms with Crippen molar-refractivity contribution in [3.05, 3.63) is 71.8 Å². The van der Waals surface area contributed by atoms with Crippen molar-refractivity contribution in [1.29, 1.82) is 0 Å². The summed E-state index contributed by atoms with van der Waals surface area (Å²) in [5, 5.41) is 0. The molecule has 2 aromatic rings. The molecule has 1 heterocycles. The molecule has 0 N–H and O–H groups in total. The molecule has 0 spiro atoms. The Morgan fingerprint density at radius 2 is 1.05 bits per heavy atom. The number of rotatable bonds is 2. The van der Waals surface area contributed by atoms with Crippen molar-refractivity contribution in [3.63, 3.8) is 0 Å². The first kappa shape index (κ1) is 13.1. The van der Waals surface area contributed by atoms with Gasteiger partial charge in [0.05, 0.1) is 27.2 Å². The van der Waals surface area contributed by atoms with Crippen molar-refractivity contribution in [2.45, 2.75) is 11.8 Å². The van der Waals surface area contributed by atoms with E-state index in [2.05, 4.69) is 74.8 Å². The maximum atomic E-state index is 2.39. The van der Waals surface area contributed by atoms with Crippen molar-refractivity contribution < 1.29 is 4.48 Å². The molecule has 1 saturated heterocycles. The van der Waals surface area contributed by atoms with Gasteiger partial charge in [-0.1, -0.05) is 60.7 Å². The molecular weight excluding hydrogens is 254 g/mol. The predicted molar refractivity (Wildman–Crippen MR) is 87.2 cm³/mol. The molecule has 0 aromatic heterocycles. The summed E-state index contributed by atoms with van der Waals surface area (Å²) >= 11 is 0. The van der Waals surface area contributed by atoms with Crippen LogP contribution in [0, 0.1) is 11.8 Å². The van der Waals surface area contributed by atoms with Crippen LogP contribution in [0.25, 0.3) is 0 Å². The monoisotopic (exact) mass is 278 g/mol. The Balaban J connectivity index is 1.73. The highest BCUT2D eigenvalue weighted by atomic mass is 15.3. The summed E-state index contributed by atoms with van der Waals surface area (Å²) in [6, 6.07) is 22.4. The smallest absolute Gasteiger partial charge is 0.0822 e. The summed E-state index contributed by atoms with van der Waals surface area (Å²) in [4.78, 5) is 0. The van der Waals surface area contributed by atoms with Gasteiger partial charge in [0.15, 0.2) is 0 Å². The second-order valence-corrected chi connectivity index (χ2v) is 7.50. The Hall–Kier alpha value is -1.60. The Labute approximate surface area is 127 Å². The lowest BCUT2D eigenvalue weighted by atomic mass is 9.54. The van der Waals surface area contributed by atoms with Crippen molar-refractivity contribution in [1.82, 2.24) is 0 Å². The summed E-state index contributed by atoms with van der Waals surface area (Å²) in [5.41, 5.74) is 3.07. The average Bonchev–Trinajstić information content (AvgIpc) is 2.75. The number of benzene rings is 2. The van der Waals surface area contributed by atoms with E-state index in [0.29, 0.717) is 11.8 Å². The highest BCUT2D eigenvalue weighted by molar-refractivity contribution is 5.35. The lowest BCUT2D eigenvalue weighted by Gasteiger charge is -2.47. The fourth-order valence-electron chi connectivity index (χ4n) is 4.89. The Morgan fingerprint density at radius 1 is 0.667 bits per heavy atom. The molecule has 2 aromatic carbocycles. The fourth-order valence-corrected chi connectivity index (χ4v) is 4.89. The van der Waals surface area contributed by atoms with Gasteiger partial charge in [-0.3, -0.25) is 0 Å². The number of hydrogen-bond acceptors (Lipinski definition) is 0. The highest BCUT2D eigenvalue weighted by Crippen LogP contribution is 2.61. The molecule has 2 aliphatic rings. The number of hydrogen-bond donors (Lipinski definition) is 0. The molecule has 0 bridgehead atoms. The summed E-state index contributed by atoms with van der Waals surface area (Å²) in [5.74, 6) is 3.12. The lowest BCUT2D eigenvalue weighted by molar-refractivity contribution is -0.880. The van der Waals surface area contributed by atoms with Crippen molar-refractivity contribution >= 4 is 0 Å². The van der Waals surface area contributed by atoms with E-state index in [1.807, 2.05) is 0 Å². The molecule has 4 atom stereocenters. The van der Waals surface area contributed by atoms with Gasteiger partial charge in [0.2, 0.25) is 0 Å². The van der Waals surface area contributed by atoms with Gasteiger partial charge in [-0.2, -0.15) is 0 Å². The van der Waals surface area contributed by atoms with Gasteiger partial charge in [-0.25, -0.2) is 0 Å². The highest BCUT2D eigenvalue weighted by Gasteiger charge is 2.59. The van der Waals surface area contributed by atoms with E-state index in [-0.39, 0.29) is 0 Å². The third-order valence-corrected chi connectivity index (χ3v) is 5.64. The minimum atomic E-state index is 0.707. The van der Waals surface area contributed by atoms with Crippen LogP contribution < -0.4 is 0 Å². The van der Waals surface area contributed by atoms with Crippen LogP contribution in [-0.2, 0) is 0 Å². The van der Waals surface area contributed by atoms with E-state index < -0.39 is 0 Å². The van der Waals surface area contributed by atoms with Gasteiger partial charge >= 0.3 is 0 Å². The van der Waals surface area contributed by atoms with E-state index in [9.17, 15) is 0 Å². The first-order valence-corrected chi connectivity index (χ1v) is 8.08. The largest absolute Gasteiger partial charge is 0.328 e. The van der Waals surface area contributed by atoms with Crippen LogP contribution in [0.5, 0.6) is 0 Å². The first-order valence-electron chi connectivity index (χ1n) is 8.08. The summed E-state index contributed by atoms with van der Waals surface area (Å²) < 4.78 is 1.18. The molecule has 0 radical (unpaired) electrons. The summed E-state index contributed by atoms with van der Waals surface area (Å²) in [6.07, 6.45) is 0. The van der Waals surface area contributed by atoms with Gasteiger partial charge in [-0.15, -0.1) is 0 Å². The standard InChI is InChI=1S/C20H24N/c1-21(2)13-17-18(14-21)20(16-11-7-4-8-12-16)19(17)15-9-5-3-6-10-15/h3-12,17-20H,13-14H2,1-2H3/q+1/t17-,18+,19+,20-. The molecule has 0 unspecified atom stereocenters. The minimum Gasteiger partial charge on any atom is -0.328 e. The molecule has 108 valence electrons. The minimum absolute atomic E-state index is 0.707. The number of likely N-dealkylation sites (tertiary alicyclic amines) is 1. The number of quaternary nitrogens is 1. The van der Waals surface area contributed by atoms with Gasteiger partial charge in [0, 0.05) is 11.8 Å². The summed E-state index contributed by atoms with van der Waals surface area (Å²) in [6.45, 7) is 2.65. The molecular formula is C20H24N+. The van der Waals surface area contributed by atoms with Crippen LogP contribution in [0.15, 0.2) is 60.7 Å². The third kappa shape index (κ3) is 2.11. The van der Waals surface area contributed by atoms with Crippen LogP contribution in [-0.4, -0.2) is 31.7 Å². The van der Waals surface area contributed by atoms with E-state index in [4.69, 9.17) is 0 Å². The van der Waals surface area contributed by atoms with E-state index >= 15 is 0 Å². The Kier molecular flexibility index (Phi) is 2.93. The molecule has 0 amide bonds. The summed E-state index contributed by atoms with van der Waals surface area (Å²) in [7, 11) is 4.78. The molecule has 1 heteroatoms. The van der Waals surface area contributed by atoms with Crippen molar-refractivity contribution in [2.24, 2.45) is 11.8 Å². The SMILES string of the molecule is C[N+]1(C)C[C@@H]2[C@H](C1)[C@@H](c1ccccc1)[C@H]2c1ccccc1. The third-order valence-electron chi connectivity index (χ3n) is 5.64. The molecule has 1 nitrogen and oxygen atoms in total. The van der Waals surface area contributed by atoms with Crippen LogP contribution >= 0.6 is 0 Å². The van der Waals surface area contributed by atoms with Gasteiger partial charge in [0.1, 0.15) is 0 Å². The maximum Gasteiger partial charge on any atom is 0.0822 e. The zero-order valence-electron chi connectivity index (χ0n) is 12.9. The van der Waals surface area contributed by atoms with Gasteiger partial charge in [-0.05, 0) is 23.0 Å². The quantitative estimate of drug-likeness (QED) is 0.731. The first-order chi connectivity index (χ1) is 10.2.